The molecule has 1 saturated heterocycles. The maximum absolute atomic E-state index is 5.73. The molecule has 1 aliphatic heterocycles. The van der Waals surface area contributed by atoms with Gasteiger partial charge in [-0.15, -0.1) is 0 Å². The zero-order valence-electron chi connectivity index (χ0n) is 7.75. The summed E-state index contributed by atoms with van der Waals surface area (Å²) in [6.07, 6.45) is 2.50. The number of hydrogen-bond acceptors (Lipinski definition) is 4. The van der Waals surface area contributed by atoms with Crippen LogP contribution < -0.4 is 5.73 Å². The first-order valence-electron chi connectivity index (χ1n) is 4.58. The van der Waals surface area contributed by atoms with Crippen molar-refractivity contribution in [2.24, 2.45) is 0 Å². The van der Waals surface area contributed by atoms with Crippen molar-refractivity contribution in [2.45, 2.75) is 25.7 Å². The Labute approximate surface area is 82.0 Å². The molecule has 1 aromatic heterocycles. The normalized spacial score (nSPS) is 23.3. The van der Waals surface area contributed by atoms with Crippen LogP contribution in [0.3, 0.4) is 0 Å². The molecule has 1 aliphatic rings. The van der Waals surface area contributed by atoms with Crippen molar-refractivity contribution >= 4 is 17.6 Å². The number of hydrogen-bond donors (Lipinski definition) is 1. The highest BCUT2D eigenvalue weighted by atomic mass is 32.2. The Hall–Kier alpha value is -0.640. The number of thioether (sulfide) groups is 1. The second-order valence-corrected chi connectivity index (χ2v) is 4.61. The number of rotatable bonds is 1. The molecule has 0 saturated carbocycles. The van der Waals surface area contributed by atoms with E-state index in [-0.39, 0.29) is 0 Å². The lowest BCUT2D eigenvalue weighted by atomic mass is 9.96. The molecule has 0 bridgehead atoms. The van der Waals surface area contributed by atoms with E-state index < -0.39 is 0 Å². The number of anilines is 1. The quantitative estimate of drug-likeness (QED) is 0.751. The van der Waals surface area contributed by atoms with Gasteiger partial charge in [0.05, 0.1) is 5.69 Å². The lowest BCUT2D eigenvalue weighted by Crippen LogP contribution is -2.10. The summed E-state index contributed by atoms with van der Waals surface area (Å²) in [5, 5.41) is 3.88. The third-order valence-electron chi connectivity index (χ3n) is 2.50. The van der Waals surface area contributed by atoms with Crippen LogP contribution in [0, 0.1) is 6.92 Å². The van der Waals surface area contributed by atoms with E-state index in [0.717, 1.165) is 17.0 Å². The molecule has 0 spiro atoms. The minimum Gasteiger partial charge on any atom is -0.367 e. The van der Waals surface area contributed by atoms with Gasteiger partial charge in [-0.3, -0.25) is 0 Å². The van der Waals surface area contributed by atoms with Crippen molar-refractivity contribution in [3.8, 4) is 0 Å². The molecule has 4 heteroatoms. The van der Waals surface area contributed by atoms with Gasteiger partial charge in [0.15, 0.2) is 0 Å². The van der Waals surface area contributed by atoms with Gasteiger partial charge in [-0.1, -0.05) is 5.16 Å². The van der Waals surface area contributed by atoms with Crippen molar-refractivity contribution in [1.29, 1.82) is 0 Å². The van der Waals surface area contributed by atoms with Crippen molar-refractivity contribution in [3.63, 3.8) is 0 Å². The number of nitrogens with two attached hydrogens (primary N) is 1. The second kappa shape index (κ2) is 3.62. The molecule has 1 unspecified atom stereocenters. The van der Waals surface area contributed by atoms with Crippen molar-refractivity contribution < 1.29 is 4.52 Å². The second-order valence-electron chi connectivity index (χ2n) is 3.46. The predicted octanol–water partition coefficient (Wildman–Crippen LogP) is 2.18. The largest absolute Gasteiger partial charge is 0.367 e. The van der Waals surface area contributed by atoms with Crippen LogP contribution in [0.1, 0.15) is 30.0 Å². The molecule has 2 rings (SSSR count). The van der Waals surface area contributed by atoms with Crippen LogP contribution in [0.2, 0.25) is 0 Å². The lowest BCUT2D eigenvalue weighted by molar-refractivity contribution is 0.430. The molecular formula is C9H14N2OS. The third kappa shape index (κ3) is 1.68. The third-order valence-corrected chi connectivity index (χ3v) is 3.72. The average molecular weight is 198 g/mol. The summed E-state index contributed by atoms with van der Waals surface area (Å²) in [5.41, 5.74) is 7.84. The van der Waals surface area contributed by atoms with Gasteiger partial charge in [0.25, 0.3) is 0 Å². The van der Waals surface area contributed by atoms with E-state index >= 15 is 0 Å². The minimum absolute atomic E-state index is 0.519. The highest BCUT2D eigenvalue weighted by molar-refractivity contribution is 7.99. The van der Waals surface area contributed by atoms with Gasteiger partial charge in [0, 0.05) is 17.2 Å². The smallest absolute Gasteiger partial charge is 0.225 e. The van der Waals surface area contributed by atoms with Gasteiger partial charge in [-0.25, -0.2) is 0 Å². The summed E-state index contributed by atoms with van der Waals surface area (Å²) in [7, 11) is 0. The van der Waals surface area contributed by atoms with Gasteiger partial charge in [-0.05, 0) is 25.5 Å². The number of aryl methyl sites for hydroxylation is 1. The summed E-state index contributed by atoms with van der Waals surface area (Å²) < 4.78 is 4.97. The molecule has 1 atom stereocenters. The zero-order valence-corrected chi connectivity index (χ0v) is 8.56. The van der Waals surface area contributed by atoms with E-state index in [1.807, 2.05) is 18.7 Å². The number of nitrogens with zero attached hydrogens (tertiary/aromatic N) is 1. The van der Waals surface area contributed by atoms with Gasteiger partial charge in [-0.2, -0.15) is 11.8 Å². The highest BCUT2D eigenvalue weighted by Crippen LogP contribution is 2.35. The summed E-state index contributed by atoms with van der Waals surface area (Å²) in [6.45, 7) is 1.97. The Morgan fingerprint density at radius 1 is 1.62 bits per heavy atom. The molecule has 1 aromatic rings. The van der Waals surface area contributed by atoms with E-state index in [1.54, 1.807) is 0 Å². The van der Waals surface area contributed by atoms with Crippen molar-refractivity contribution in [1.82, 2.24) is 5.16 Å². The molecule has 0 amide bonds. The molecule has 0 aliphatic carbocycles. The molecule has 2 heterocycles. The van der Waals surface area contributed by atoms with Crippen LogP contribution in [0.15, 0.2) is 4.52 Å². The van der Waals surface area contributed by atoms with Gasteiger partial charge in [0.2, 0.25) is 5.88 Å². The Bertz CT molecular complexity index is 272. The molecule has 13 heavy (non-hydrogen) atoms. The standard InChI is InChI=1S/C9H14N2OS/c1-6-8(9(10)12-11-6)7-3-2-4-13-5-7/h7H,2-5,10H2,1H3. The van der Waals surface area contributed by atoms with Crippen LogP contribution in [0.25, 0.3) is 0 Å². The first-order valence-corrected chi connectivity index (χ1v) is 5.74. The zero-order chi connectivity index (χ0) is 9.26. The fraction of sp³-hybridized carbons (Fsp3) is 0.667. The first kappa shape index (κ1) is 8.94. The van der Waals surface area contributed by atoms with Gasteiger partial charge in [0.1, 0.15) is 0 Å². The molecule has 0 aromatic carbocycles. The SMILES string of the molecule is Cc1noc(N)c1C1CCCSC1. The molecule has 3 nitrogen and oxygen atoms in total. The van der Waals surface area contributed by atoms with Crippen molar-refractivity contribution in [2.75, 3.05) is 17.2 Å². The van der Waals surface area contributed by atoms with E-state index in [9.17, 15) is 0 Å². The monoisotopic (exact) mass is 198 g/mol. The summed E-state index contributed by atoms with van der Waals surface area (Å²) >= 11 is 1.99. The first-order chi connectivity index (χ1) is 6.29. The van der Waals surface area contributed by atoms with Crippen LogP contribution in [-0.4, -0.2) is 16.7 Å². The molecule has 0 radical (unpaired) electrons. The summed E-state index contributed by atoms with van der Waals surface area (Å²) in [5.74, 6) is 3.52. The summed E-state index contributed by atoms with van der Waals surface area (Å²) in [4.78, 5) is 0. The minimum atomic E-state index is 0.519. The van der Waals surface area contributed by atoms with Gasteiger partial charge >= 0.3 is 0 Å². The maximum Gasteiger partial charge on any atom is 0.225 e. The molecule has 1 fully saturated rings. The van der Waals surface area contributed by atoms with E-state index in [1.165, 1.54) is 18.6 Å². The van der Waals surface area contributed by atoms with E-state index in [4.69, 9.17) is 10.3 Å². The Kier molecular flexibility index (Phi) is 2.49. The Morgan fingerprint density at radius 3 is 3.00 bits per heavy atom. The molecular weight excluding hydrogens is 184 g/mol. The van der Waals surface area contributed by atoms with Gasteiger partial charge < -0.3 is 10.3 Å². The van der Waals surface area contributed by atoms with E-state index in [0.29, 0.717) is 11.8 Å². The Morgan fingerprint density at radius 2 is 2.46 bits per heavy atom. The molecule has 2 N–H and O–H groups in total. The maximum atomic E-state index is 5.73. The fourth-order valence-corrected chi connectivity index (χ4v) is 3.01. The fourth-order valence-electron chi connectivity index (χ4n) is 1.86. The van der Waals surface area contributed by atoms with Crippen LogP contribution in [-0.2, 0) is 0 Å². The van der Waals surface area contributed by atoms with Crippen molar-refractivity contribution in [3.05, 3.63) is 11.3 Å². The lowest BCUT2D eigenvalue weighted by Gasteiger charge is -2.20. The Balaban J connectivity index is 2.22. The predicted molar refractivity (Wildman–Crippen MR) is 55.0 cm³/mol. The average Bonchev–Trinajstić information content (AvgIpc) is 2.48. The summed E-state index contributed by atoms with van der Waals surface area (Å²) in [6, 6.07) is 0. The van der Waals surface area contributed by atoms with E-state index in [2.05, 4.69) is 5.16 Å². The number of nitrogen functional groups attached to an aromatic ring is 1. The number of aromatic nitrogens is 1. The highest BCUT2D eigenvalue weighted by Gasteiger charge is 2.23. The van der Waals surface area contributed by atoms with Crippen LogP contribution in [0.5, 0.6) is 0 Å². The van der Waals surface area contributed by atoms with Crippen LogP contribution in [0.4, 0.5) is 5.88 Å². The topological polar surface area (TPSA) is 52.0 Å². The molecule has 72 valence electrons. The van der Waals surface area contributed by atoms with Crippen LogP contribution >= 0.6 is 11.8 Å².